The molecule has 0 unspecified atom stereocenters. The average molecular weight is 816 g/mol. The summed E-state index contributed by atoms with van der Waals surface area (Å²) >= 11 is 0. The number of carbonyl (C=O) groups is 2. The van der Waals surface area contributed by atoms with Gasteiger partial charge < -0.3 is 8.82 Å². The predicted octanol–water partition coefficient (Wildman–Crippen LogP) is 14.0. The molecule has 0 amide bonds. The van der Waals surface area contributed by atoms with Gasteiger partial charge in [-0.3, -0.25) is 9.59 Å². The van der Waals surface area contributed by atoms with Gasteiger partial charge in [-0.1, -0.05) is 127 Å². The normalized spacial score (nSPS) is 19.0. The Kier molecular flexibility index (Phi) is 6.02. The van der Waals surface area contributed by atoms with Crippen LogP contribution in [0.15, 0.2) is 180 Å². The van der Waals surface area contributed by atoms with Crippen LogP contribution < -0.4 is 0 Å². The fraction of sp³-hybridized carbons (Fsp3) is 0.0667. The molecule has 4 bridgehead atoms. The second-order valence-electron chi connectivity index (χ2n) is 18.4. The molecule has 12 aromatic rings. The molecule has 0 radical (unpaired) electrons. The van der Waals surface area contributed by atoms with Crippen molar-refractivity contribution in [2.24, 2.45) is 0 Å². The molecule has 6 aliphatic rings. The lowest BCUT2D eigenvalue weighted by Gasteiger charge is -2.30. The number of ketones is 2. The number of hydrogen-bond donors (Lipinski definition) is 0. The minimum atomic E-state index is -0.378. The molecule has 0 N–H and O–H groups in total. The second-order valence-corrected chi connectivity index (χ2v) is 18.4. The van der Waals surface area contributed by atoms with Gasteiger partial charge >= 0.3 is 0 Å². The fourth-order valence-corrected chi connectivity index (χ4v) is 13.1. The molecule has 0 saturated heterocycles. The summed E-state index contributed by atoms with van der Waals surface area (Å²) < 4.78 is 8.82. The van der Waals surface area contributed by atoms with E-state index in [1.165, 1.54) is 22.3 Å². The highest BCUT2D eigenvalue weighted by Gasteiger charge is 2.45. The quantitative estimate of drug-likeness (QED) is 0.166. The van der Waals surface area contributed by atoms with Crippen LogP contribution in [0.5, 0.6) is 0 Å². The van der Waals surface area contributed by atoms with Gasteiger partial charge in [0, 0.05) is 55.3 Å². The van der Waals surface area contributed by atoms with E-state index in [0.717, 1.165) is 116 Å². The van der Waals surface area contributed by atoms with Crippen LogP contribution in [0.4, 0.5) is 0 Å². The highest BCUT2D eigenvalue weighted by Crippen LogP contribution is 2.56. The zero-order chi connectivity index (χ0) is 41.7. The fourth-order valence-electron chi connectivity index (χ4n) is 13.1. The first kappa shape index (κ1) is 33.5. The van der Waals surface area contributed by atoms with Crippen LogP contribution in [0.3, 0.4) is 0 Å². The number of furan rings is 1. The molecule has 64 heavy (non-hydrogen) atoms. The van der Waals surface area contributed by atoms with E-state index in [-0.39, 0.29) is 35.2 Å². The first-order valence-corrected chi connectivity index (χ1v) is 22.3. The van der Waals surface area contributed by atoms with Crippen molar-refractivity contribution in [2.45, 2.75) is 23.7 Å². The van der Waals surface area contributed by atoms with Crippen molar-refractivity contribution in [3.8, 4) is 11.1 Å². The van der Waals surface area contributed by atoms with Crippen LogP contribution in [0.1, 0.15) is 100 Å². The molecular formula is C60H33NO3. The number of nitrogens with zero attached hydrogens (tertiary/aromatic N) is 1. The summed E-state index contributed by atoms with van der Waals surface area (Å²) in [6.07, 6.45) is 0. The Hall–Kier alpha value is -8.08. The third-order valence-electron chi connectivity index (χ3n) is 15.6. The van der Waals surface area contributed by atoms with Crippen molar-refractivity contribution in [3.63, 3.8) is 0 Å². The summed E-state index contributed by atoms with van der Waals surface area (Å²) in [5.74, 6) is -0.643. The van der Waals surface area contributed by atoms with Gasteiger partial charge in [-0.15, -0.1) is 0 Å². The topological polar surface area (TPSA) is 51.7 Å². The standard InChI is InChI=1S/C60H33NO3/c62-59-47-28-49-41(26-43(47)53-32-12-1-5-16-36(32)56(59)37-17-6-2-13-33(37)53)45-24-30(31-21-11-23-52-55(31)40-20-9-10-22-51(40)64-52)25-46-42-27-44-48(29-50(42)61(49)58(45)46)60(63)57-38-18-7-3-14-34(38)54(44)35-15-4-8-19-39(35)57/h1-29,53-54,56-57H. The Morgan fingerprint density at radius 2 is 0.766 bits per heavy atom. The zero-order valence-electron chi connectivity index (χ0n) is 34.2. The van der Waals surface area contributed by atoms with Crippen molar-refractivity contribution in [2.75, 3.05) is 0 Å². The lowest BCUT2D eigenvalue weighted by Crippen LogP contribution is -2.19. The summed E-state index contributed by atoms with van der Waals surface area (Å²) in [5.41, 5.74) is 19.9. The summed E-state index contributed by atoms with van der Waals surface area (Å²) in [5, 5.41) is 6.62. The number of hydrogen-bond acceptors (Lipinski definition) is 3. The van der Waals surface area contributed by atoms with Gasteiger partial charge in [-0.2, -0.15) is 0 Å². The van der Waals surface area contributed by atoms with Crippen molar-refractivity contribution in [1.82, 2.24) is 4.40 Å². The van der Waals surface area contributed by atoms with Gasteiger partial charge in [0.2, 0.25) is 0 Å². The van der Waals surface area contributed by atoms with Crippen molar-refractivity contribution in [3.05, 3.63) is 243 Å². The smallest absolute Gasteiger partial charge is 0.175 e. The number of carbonyl (C=O) groups excluding carboxylic acids is 2. The third-order valence-corrected chi connectivity index (χ3v) is 15.6. The maximum Gasteiger partial charge on any atom is 0.175 e. The molecule has 18 rings (SSSR count). The first-order chi connectivity index (χ1) is 31.6. The average Bonchev–Trinajstić information content (AvgIpc) is 3.90. The molecule has 0 atom stereocenters. The molecule has 4 nitrogen and oxygen atoms in total. The van der Waals surface area contributed by atoms with E-state index in [9.17, 15) is 0 Å². The second kappa shape index (κ2) is 11.5. The van der Waals surface area contributed by atoms with E-state index in [1.54, 1.807) is 0 Å². The lowest BCUT2D eigenvalue weighted by molar-refractivity contribution is 0.0966. The summed E-state index contributed by atoms with van der Waals surface area (Å²) in [7, 11) is 0. The minimum Gasteiger partial charge on any atom is -0.456 e. The van der Waals surface area contributed by atoms with E-state index in [4.69, 9.17) is 4.42 Å². The minimum absolute atomic E-state index is 0.0797. The Balaban J connectivity index is 1.06. The molecular weight excluding hydrogens is 783 g/mol. The van der Waals surface area contributed by atoms with Crippen LogP contribution in [0, 0.1) is 0 Å². The van der Waals surface area contributed by atoms with Crippen LogP contribution >= 0.6 is 0 Å². The first-order valence-electron chi connectivity index (χ1n) is 22.3. The molecule has 296 valence electrons. The molecule has 0 fully saturated rings. The molecule has 4 heteroatoms. The summed E-state index contributed by atoms with van der Waals surface area (Å²) in [6.45, 7) is 0. The molecule has 0 spiro atoms. The number of fused-ring (bicyclic) bond motifs is 9. The Morgan fingerprint density at radius 3 is 1.25 bits per heavy atom. The van der Waals surface area contributed by atoms with Gasteiger partial charge in [0.05, 0.1) is 28.4 Å². The lowest BCUT2D eigenvalue weighted by atomic mass is 9.72. The largest absolute Gasteiger partial charge is 0.456 e. The number of benzene rings is 9. The van der Waals surface area contributed by atoms with E-state index >= 15 is 9.59 Å². The highest BCUT2D eigenvalue weighted by atomic mass is 16.3. The number of aromatic nitrogens is 1. The van der Waals surface area contributed by atoms with Crippen LogP contribution in [0.25, 0.3) is 71.2 Å². The van der Waals surface area contributed by atoms with Crippen LogP contribution in [-0.2, 0) is 0 Å². The molecule has 6 aliphatic carbocycles. The maximum atomic E-state index is 15.3. The molecule has 0 saturated carbocycles. The molecule has 0 aliphatic heterocycles. The number of rotatable bonds is 1. The molecule has 9 aromatic carbocycles. The molecule has 3 aromatic heterocycles. The van der Waals surface area contributed by atoms with E-state index in [0.29, 0.717) is 0 Å². The predicted molar refractivity (Wildman–Crippen MR) is 254 cm³/mol. The molecule has 3 heterocycles. The maximum absolute atomic E-state index is 15.3. The Labute approximate surface area is 366 Å². The van der Waals surface area contributed by atoms with Gasteiger partial charge in [0.1, 0.15) is 11.2 Å². The van der Waals surface area contributed by atoms with Crippen molar-refractivity contribution < 1.29 is 14.0 Å². The monoisotopic (exact) mass is 815 g/mol. The van der Waals surface area contributed by atoms with Gasteiger partial charge in [-0.25, -0.2) is 0 Å². The Morgan fingerprint density at radius 1 is 0.344 bits per heavy atom. The van der Waals surface area contributed by atoms with Crippen molar-refractivity contribution in [1.29, 1.82) is 0 Å². The van der Waals surface area contributed by atoms with Crippen LogP contribution in [0.2, 0.25) is 0 Å². The number of para-hydroxylation sites is 1. The van der Waals surface area contributed by atoms with Gasteiger partial charge in [-0.05, 0) is 115 Å². The SMILES string of the molecule is O=C1c2cc3c(cc2C2c4ccccc4C1c1ccccc12)c1cc(-c2cccc4oc5ccccc5c24)cc2c4cc5c(cc4n3c12)C(=O)C1c2ccccc2C5c2ccccc21. The van der Waals surface area contributed by atoms with E-state index < -0.39 is 0 Å². The number of Topliss-reactive ketones (excluding diaryl/α,β-unsaturated/α-hetero) is 2. The van der Waals surface area contributed by atoms with Gasteiger partial charge in [0.25, 0.3) is 0 Å². The van der Waals surface area contributed by atoms with Gasteiger partial charge in [0.15, 0.2) is 11.6 Å². The van der Waals surface area contributed by atoms with E-state index in [2.05, 4.69) is 168 Å². The van der Waals surface area contributed by atoms with Crippen molar-refractivity contribution >= 4 is 71.6 Å². The highest BCUT2D eigenvalue weighted by molar-refractivity contribution is 6.27. The van der Waals surface area contributed by atoms with E-state index in [1.807, 2.05) is 12.1 Å². The van der Waals surface area contributed by atoms with Crippen LogP contribution in [-0.4, -0.2) is 16.0 Å². The Bertz CT molecular complexity index is 3860. The summed E-state index contributed by atoms with van der Waals surface area (Å²) in [6, 6.07) is 62.6. The summed E-state index contributed by atoms with van der Waals surface area (Å²) in [4.78, 5) is 30.6. The third kappa shape index (κ3) is 3.89. The zero-order valence-corrected chi connectivity index (χ0v) is 34.2.